The number of hydrogen-bond donors (Lipinski definition) is 1. The van der Waals surface area contributed by atoms with Gasteiger partial charge in [-0.1, -0.05) is 18.2 Å². The molecule has 0 fully saturated rings. The second kappa shape index (κ2) is 8.08. The highest BCUT2D eigenvalue weighted by Gasteiger charge is 2.24. The summed E-state index contributed by atoms with van der Waals surface area (Å²) in [5.41, 5.74) is 3.39. The molecule has 1 aliphatic rings. The monoisotopic (exact) mass is 374 g/mol. The van der Waals surface area contributed by atoms with Crippen LogP contribution in [0.2, 0.25) is 0 Å². The fourth-order valence-electron chi connectivity index (χ4n) is 3.34. The Balaban J connectivity index is 1.47. The lowest BCUT2D eigenvalue weighted by Gasteiger charge is -2.29. The van der Waals surface area contributed by atoms with E-state index >= 15 is 0 Å². The molecule has 2 heterocycles. The summed E-state index contributed by atoms with van der Waals surface area (Å²) in [5.74, 6) is 1.29. The summed E-state index contributed by atoms with van der Waals surface area (Å²) in [4.78, 5) is 14.7. The molecule has 0 unspecified atom stereocenters. The molecule has 0 aliphatic carbocycles. The number of amides is 1. The van der Waals surface area contributed by atoms with Crippen LogP contribution in [-0.2, 0) is 6.42 Å². The molecule has 142 valence electrons. The predicted molar refractivity (Wildman–Crippen MR) is 109 cm³/mol. The number of carbonyl (C=O) groups excluding carboxylic acids is 1. The first-order valence-corrected chi connectivity index (χ1v) is 9.48. The van der Waals surface area contributed by atoms with Crippen molar-refractivity contribution in [1.82, 2.24) is 10.2 Å². The van der Waals surface area contributed by atoms with Gasteiger partial charge in [0.15, 0.2) is 11.5 Å². The maximum atomic E-state index is 12.9. The molecule has 4 rings (SSSR count). The van der Waals surface area contributed by atoms with Gasteiger partial charge in [0.2, 0.25) is 0 Å². The van der Waals surface area contributed by atoms with Crippen molar-refractivity contribution in [1.29, 1.82) is 0 Å². The third kappa shape index (κ3) is 3.81. The van der Waals surface area contributed by atoms with Crippen molar-refractivity contribution in [2.24, 2.45) is 0 Å². The molecular formula is C22H22N4O2. The molecule has 0 atom stereocenters. The van der Waals surface area contributed by atoms with E-state index < -0.39 is 0 Å². The Bertz CT molecular complexity index is 955. The molecule has 0 saturated heterocycles. The van der Waals surface area contributed by atoms with Gasteiger partial charge in [-0.15, -0.1) is 10.2 Å². The molecule has 6 heteroatoms. The van der Waals surface area contributed by atoms with Crippen LogP contribution in [0, 0.1) is 0 Å². The summed E-state index contributed by atoms with van der Waals surface area (Å²) >= 11 is 0. The Morgan fingerprint density at radius 3 is 2.64 bits per heavy atom. The Kier molecular flexibility index (Phi) is 5.19. The van der Waals surface area contributed by atoms with Gasteiger partial charge in [-0.2, -0.15) is 0 Å². The van der Waals surface area contributed by atoms with E-state index in [2.05, 4.69) is 21.6 Å². The first-order chi connectivity index (χ1) is 13.7. The van der Waals surface area contributed by atoms with Crippen LogP contribution in [0.15, 0.2) is 60.7 Å². The molecule has 3 aromatic rings. The molecule has 0 spiro atoms. The minimum absolute atomic E-state index is 0.118. The average molecular weight is 374 g/mol. The lowest BCUT2D eigenvalue weighted by molar-refractivity contribution is 0.0979. The minimum Gasteiger partial charge on any atom is -0.494 e. The zero-order valence-electron chi connectivity index (χ0n) is 15.8. The summed E-state index contributed by atoms with van der Waals surface area (Å²) in [6.45, 7) is 3.28. The highest BCUT2D eigenvalue weighted by molar-refractivity contribution is 6.05. The number of ether oxygens (including phenoxy) is 1. The Hall–Kier alpha value is -3.41. The lowest BCUT2D eigenvalue weighted by atomic mass is 10.0. The van der Waals surface area contributed by atoms with Crippen molar-refractivity contribution in [3.63, 3.8) is 0 Å². The summed E-state index contributed by atoms with van der Waals surface area (Å²) < 4.78 is 5.44. The third-order valence-corrected chi connectivity index (χ3v) is 4.68. The number of aromatic nitrogens is 2. The number of benzene rings is 2. The van der Waals surface area contributed by atoms with Gasteiger partial charge in [0, 0.05) is 17.9 Å². The molecule has 0 radical (unpaired) electrons. The molecule has 2 aromatic carbocycles. The number of carbonyl (C=O) groups is 1. The van der Waals surface area contributed by atoms with Crippen molar-refractivity contribution >= 4 is 23.1 Å². The standard InChI is InChI=1S/C22H22N4O2/c1-2-28-18-11-9-17(10-12-18)23-21-14-13-19(24-25-21)22(27)26-15-5-7-16-6-3-4-8-20(16)26/h3-4,6,8-14H,2,5,7,15H2,1H3,(H,23,25). The van der Waals surface area contributed by atoms with Crippen LogP contribution in [0.3, 0.4) is 0 Å². The van der Waals surface area contributed by atoms with E-state index in [1.807, 2.05) is 49.4 Å². The largest absolute Gasteiger partial charge is 0.494 e. The van der Waals surface area contributed by atoms with Crippen molar-refractivity contribution in [3.8, 4) is 5.75 Å². The molecule has 0 bridgehead atoms. The number of anilines is 3. The third-order valence-electron chi connectivity index (χ3n) is 4.68. The van der Waals surface area contributed by atoms with Gasteiger partial charge in [-0.05, 0) is 67.8 Å². The lowest BCUT2D eigenvalue weighted by Crippen LogP contribution is -2.36. The summed E-state index contributed by atoms with van der Waals surface area (Å²) in [6, 6.07) is 19.1. The normalized spacial score (nSPS) is 13.0. The second-order valence-electron chi connectivity index (χ2n) is 6.58. The van der Waals surface area contributed by atoms with Crippen molar-refractivity contribution < 1.29 is 9.53 Å². The number of hydrogen-bond acceptors (Lipinski definition) is 5. The fourth-order valence-corrected chi connectivity index (χ4v) is 3.34. The van der Waals surface area contributed by atoms with Crippen LogP contribution in [0.25, 0.3) is 0 Å². The summed E-state index contributed by atoms with van der Waals surface area (Å²) in [7, 11) is 0. The Morgan fingerprint density at radius 2 is 1.89 bits per heavy atom. The number of aryl methyl sites for hydroxylation is 1. The number of nitrogens with one attached hydrogen (secondary N) is 1. The van der Waals surface area contributed by atoms with Gasteiger partial charge in [-0.25, -0.2) is 0 Å². The fraction of sp³-hybridized carbons (Fsp3) is 0.227. The van der Waals surface area contributed by atoms with E-state index in [4.69, 9.17) is 4.74 Å². The van der Waals surface area contributed by atoms with Crippen molar-refractivity contribution in [2.45, 2.75) is 19.8 Å². The average Bonchev–Trinajstić information content (AvgIpc) is 2.75. The molecule has 1 aliphatic heterocycles. The maximum Gasteiger partial charge on any atom is 0.278 e. The predicted octanol–water partition coefficient (Wildman–Crippen LogP) is 4.21. The maximum absolute atomic E-state index is 12.9. The molecule has 1 N–H and O–H groups in total. The van der Waals surface area contributed by atoms with Gasteiger partial charge in [0.25, 0.3) is 5.91 Å². The highest BCUT2D eigenvalue weighted by Crippen LogP contribution is 2.28. The van der Waals surface area contributed by atoms with E-state index in [0.717, 1.165) is 30.0 Å². The van der Waals surface area contributed by atoms with Crippen LogP contribution < -0.4 is 15.0 Å². The zero-order valence-corrected chi connectivity index (χ0v) is 15.8. The molecular weight excluding hydrogens is 352 g/mol. The first kappa shape index (κ1) is 18.0. The molecule has 1 amide bonds. The van der Waals surface area contributed by atoms with Crippen LogP contribution in [0.1, 0.15) is 29.4 Å². The SMILES string of the molecule is CCOc1ccc(Nc2ccc(C(=O)N3CCCc4ccccc43)nn2)cc1. The van der Waals surface area contributed by atoms with Crippen LogP contribution in [-0.4, -0.2) is 29.3 Å². The first-order valence-electron chi connectivity index (χ1n) is 9.48. The molecule has 6 nitrogen and oxygen atoms in total. The van der Waals surface area contributed by atoms with Crippen molar-refractivity contribution in [2.75, 3.05) is 23.4 Å². The topological polar surface area (TPSA) is 67.3 Å². The summed E-state index contributed by atoms with van der Waals surface area (Å²) in [6.07, 6.45) is 1.95. The van der Waals surface area contributed by atoms with Gasteiger partial charge in [-0.3, -0.25) is 4.79 Å². The van der Waals surface area contributed by atoms with Crippen LogP contribution in [0.4, 0.5) is 17.2 Å². The van der Waals surface area contributed by atoms with Gasteiger partial charge in [0.05, 0.1) is 6.61 Å². The van der Waals surface area contributed by atoms with E-state index in [1.165, 1.54) is 5.56 Å². The second-order valence-corrected chi connectivity index (χ2v) is 6.58. The minimum atomic E-state index is -0.118. The Morgan fingerprint density at radius 1 is 1.07 bits per heavy atom. The van der Waals surface area contributed by atoms with E-state index in [1.54, 1.807) is 17.0 Å². The van der Waals surface area contributed by atoms with Crippen LogP contribution in [0.5, 0.6) is 5.75 Å². The van der Waals surface area contributed by atoms with Gasteiger partial charge < -0.3 is 15.0 Å². The summed E-state index contributed by atoms with van der Waals surface area (Å²) in [5, 5.41) is 11.5. The van der Waals surface area contributed by atoms with Crippen molar-refractivity contribution in [3.05, 3.63) is 71.9 Å². The zero-order chi connectivity index (χ0) is 19.3. The highest BCUT2D eigenvalue weighted by atomic mass is 16.5. The number of para-hydroxylation sites is 1. The smallest absolute Gasteiger partial charge is 0.278 e. The molecule has 1 aromatic heterocycles. The van der Waals surface area contributed by atoms with E-state index in [-0.39, 0.29) is 5.91 Å². The molecule has 28 heavy (non-hydrogen) atoms. The van der Waals surface area contributed by atoms with Gasteiger partial charge in [0.1, 0.15) is 5.75 Å². The van der Waals surface area contributed by atoms with Crippen LogP contribution >= 0.6 is 0 Å². The number of nitrogens with zero attached hydrogens (tertiary/aromatic N) is 3. The quantitative estimate of drug-likeness (QED) is 0.724. The molecule has 0 saturated carbocycles. The van der Waals surface area contributed by atoms with E-state index in [0.29, 0.717) is 24.7 Å². The van der Waals surface area contributed by atoms with Gasteiger partial charge >= 0.3 is 0 Å². The number of rotatable bonds is 5. The Labute approximate surface area is 164 Å². The van der Waals surface area contributed by atoms with E-state index in [9.17, 15) is 4.79 Å². The number of fused-ring (bicyclic) bond motifs is 1.